The Balaban J connectivity index is 1.51. The lowest BCUT2D eigenvalue weighted by molar-refractivity contribution is -0.121. The number of furan rings is 1. The lowest BCUT2D eigenvalue weighted by Crippen LogP contribution is -2.26. The Labute approximate surface area is 118 Å². The van der Waals surface area contributed by atoms with E-state index in [4.69, 9.17) is 4.42 Å². The molecule has 1 aromatic heterocycles. The van der Waals surface area contributed by atoms with Crippen LogP contribution in [0.2, 0.25) is 0 Å². The Morgan fingerprint density at radius 2 is 2.21 bits per heavy atom. The van der Waals surface area contributed by atoms with Crippen molar-refractivity contribution in [2.75, 3.05) is 12.8 Å². The van der Waals surface area contributed by atoms with Crippen LogP contribution in [0.4, 0.5) is 0 Å². The van der Waals surface area contributed by atoms with Crippen molar-refractivity contribution in [1.29, 1.82) is 0 Å². The summed E-state index contributed by atoms with van der Waals surface area (Å²) in [6, 6.07) is 4.51. The minimum atomic E-state index is 0.185. The first-order valence-electron chi connectivity index (χ1n) is 6.84. The Hall–Kier alpha value is -0.940. The molecule has 1 aromatic rings. The van der Waals surface area contributed by atoms with Gasteiger partial charge in [0.1, 0.15) is 11.5 Å². The molecule has 0 radical (unpaired) electrons. The van der Waals surface area contributed by atoms with Gasteiger partial charge in [0.25, 0.3) is 0 Å². The molecule has 1 aliphatic rings. The normalized spacial score (nSPS) is 14.6. The molecule has 106 valence electrons. The molecular formula is C14H22N2O2S. The molecule has 4 nitrogen and oxygen atoms in total. The number of hydrogen-bond donors (Lipinski definition) is 2. The van der Waals surface area contributed by atoms with E-state index in [1.807, 2.05) is 12.1 Å². The molecular weight excluding hydrogens is 260 g/mol. The highest BCUT2D eigenvalue weighted by Gasteiger charge is 2.22. The maximum Gasteiger partial charge on any atom is 0.220 e. The van der Waals surface area contributed by atoms with Crippen molar-refractivity contribution < 1.29 is 9.21 Å². The van der Waals surface area contributed by atoms with E-state index in [1.165, 1.54) is 0 Å². The highest BCUT2D eigenvalue weighted by atomic mass is 32.2. The summed E-state index contributed by atoms with van der Waals surface area (Å²) in [5, 5.41) is 6.29. The third-order valence-electron chi connectivity index (χ3n) is 3.00. The topological polar surface area (TPSA) is 54.3 Å². The summed E-state index contributed by atoms with van der Waals surface area (Å²) >= 11 is 1.75. The number of nitrogens with one attached hydrogen (secondary N) is 2. The van der Waals surface area contributed by atoms with Crippen LogP contribution in [0.5, 0.6) is 0 Å². The predicted octanol–water partition coefficient (Wildman–Crippen LogP) is 2.29. The average Bonchev–Trinajstić information content (AvgIpc) is 3.08. The quantitative estimate of drug-likeness (QED) is 0.682. The number of carbonyl (C=O) groups excluding carboxylic acids is 1. The molecule has 2 N–H and O–H groups in total. The van der Waals surface area contributed by atoms with Crippen LogP contribution < -0.4 is 10.6 Å². The molecule has 1 heterocycles. The van der Waals surface area contributed by atoms with Gasteiger partial charge in [0, 0.05) is 12.5 Å². The third-order valence-corrected chi connectivity index (χ3v) is 3.58. The molecule has 1 amide bonds. The Morgan fingerprint density at radius 3 is 2.95 bits per heavy atom. The summed E-state index contributed by atoms with van der Waals surface area (Å²) in [5.41, 5.74) is 0. The fourth-order valence-corrected chi connectivity index (χ4v) is 2.29. The molecule has 0 aliphatic heterocycles. The fraction of sp³-hybridized carbons (Fsp3) is 0.643. The van der Waals surface area contributed by atoms with Gasteiger partial charge in [0.15, 0.2) is 0 Å². The highest BCUT2D eigenvalue weighted by molar-refractivity contribution is 7.97. The number of rotatable bonds is 9. The van der Waals surface area contributed by atoms with E-state index >= 15 is 0 Å². The zero-order chi connectivity index (χ0) is 13.5. The third kappa shape index (κ3) is 5.70. The Kier molecular flexibility index (Phi) is 5.79. The van der Waals surface area contributed by atoms with E-state index in [9.17, 15) is 4.79 Å². The molecule has 19 heavy (non-hydrogen) atoms. The van der Waals surface area contributed by atoms with Gasteiger partial charge in [0.2, 0.25) is 5.91 Å². The monoisotopic (exact) mass is 282 g/mol. The molecule has 1 fully saturated rings. The van der Waals surface area contributed by atoms with Gasteiger partial charge in [-0.05, 0) is 44.2 Å². The summed E-state index contributed by atoms with van der Waals surface area (Å²) in [5.74, 6) is 3.09. The average molecular weight is 282 g/mol. The minimum absolute atomic E-state index is 0.185. The van der Waals surface area contributed by atoms with E-state index < -0.39 is 0 Å². The van der Waals surface area contributed by atoms with Crippen LogP contribution >= 0.6 is 11.8 Å². The van der Waals surface area contributed by atoms with Gasteiger partial charge in [-0.25, -0.2) is 0 Å². The summed E-state index contributed by atoms with van der Waals surface area (Å²) in [4.78, 5) is 11.4. The molecule has 2 rings (SSSR count). The first kappa shape index (κ1) is 14.5. The van der Waals surface area contributed by atoms with Crippen molar-refractivity contribution in [2.24, 2.45) is 0 Å². The summed E-state index contributed by atoms with van der Waals surface area (Å²) in [6.45, 7) is 1.58. The number of amides is 1. The van der Waals surface area contributed by atoms with Crippen molar-refractivity contribution in [2.45, 2.75) is 44.0 Å². The largest absolute Gasteiger partial charge is 0.464 e. The second-order valence-electron chi connectivity index (χ2n) is 4.92. The molecule has 1 saturated carbocycles. The lowest BCUT2D eigenvalue weighted by Gasteiger charge is -2.04. The second kappa shape index (κ2) is 7.60. The van der Waals surface area contributed by atoms with E-state index in [0.717, 1.165) is 49.6 Å². The van der Waals surface area contributed by atoms with Crippen LogP contribution in [0.1, 0.15) is 37.2 Å². The van der Waals surface area contributed by atoms with Crippen LogP contribution in [0.15, 0.2) is 16.5 Å². The van der Waals surface area contributed by atoms with Crippen LogP contribution in [-0.4, -0.2) is 24.7 Å². The Morgan fingerprint density at radius 1 is 1.42 bits per heavy atom. The maximum atomic E-state index is 11.4. The van der Waals surface area contributed by atoms with E-state index in [-0.39, 0.29) is 5.91 Å². The first-order chi connectivity index (χ1) is 9.28. The van der Waals surface area contributed by atoms with Crippen LogP contribution in [-0.2, 0) is 17.1 Å². The van der Waals surface area contributed by atoms with Crippen molar-refractivity contribution in [3.8, 4) is 0 Å². The van der Waals surface area contributed by atoms with Gasteiger partial charge in [-0.3, -0.25) is 4.79 Å². The highest BCUT2D eigenvalue weighted by Crippen LogP contribution is 2.18. The number of hydrogen-bond acceptors (Lipinski definition) is 4. The van der Waals surface area contributed by atoms with E-state index in [0.29, 0.717) is 12.5 Å². The second-order valence-corrected chi connectivity index (χ2v) is 5.79. The van der Waals surface area contributed by atoms with Crippen LogP contribution in [0.25, 0.3) is 0 Å². The van der Waals surface area contributed by atoms with Gasteiger partial charge in [-0.1, -0.05) is 0 Å². The van der Waals surface area contributed by atoms with Gasteiger partial charge >= 0.3 is 0 Å². The van der Waals surface area contributed by atoms with Gasteiger partial charge in [-0.15, -0.1) is 0 Å². The molecule has 0 aromatic carbocycles. The molecule has 0 unspecified atom stereocenters. The minimum Gasteiger partial charge on any atom is -0.464 e. The molecule has 0 saturated heterocycles. The number of carbonyl (C=O) groups is 1. The summed E-state index contributed by atoms with van der Waals surface area (Å²) < 4.78 is 5.65. The smallest absolute Gasteiger partial charge is 0.220 e. The molecule has 0 bridgehead atoms. The summed E-state index contributed by atoms with van der Waals surface area (Å²) in [7, 11) is 0. The van der Waals surface area contributed by atoms with Crippen molar-refractivity contribution in [1.82, 2.24) is 10.6 Å². The van der Waals surface area contributed by atoms with Crippen molar-refractivity contribution in [3.63, 3.8) is 0 Å². The summed E-state index contributed by atoms with van der Waals surface area (Å²) in [6.07, 6.45) is 5.85. The lowest BCUT2D eigenvalue weighted by atomic mass is 10.3. The fourth-order valence-electron chi connectivity index (χ4n) is 1.85. The molecule has 1 aliphatic carbocycles. The van der Waals surface area contributed by atoms with Gasteiger partial charge in [-0.2, -0.15) is 11.8 Å². The maximum absolute atomic E-state index is 11.4. The van der Waals surface area contributed by atoms with Crippen LogP contribution in [0.3, 0.4) is 0 Å². The SMILES string of the molecule is CSCc1ccc(CNCCCC(=O)NC2CC2)o1. The van der Waals surface area contributed by atoms with E-state index in [2.05, 4.69) is 16.9 Å². The standard InChI is InChI=1S/C14H22N2O2S/c1-19-10-13-7-6-12(18-13)9-15-8-2-3-14(17)16-11-4-5-11/h6-7,11,15H,2-5,8-10H2,1H3,(H,16,17). The number of thioether (sulfide) groups is 1. The molecule has 0 atom stereocenters. The predicted molar refractivity (Wildman–Crippen MR) is 78.0 cm³/mol. The zero-order valence-corrected chi connectivity index (χ0v) is 12.2. The van der Waals surface area contributed by atoms with Crippen LogP contribution in [0, 0.1) is 0 Å². The Bertz CT molecular complexity index is 402. The zero-order valence-electron chi connectivity index (χ0n) is 11.4. The molecule has 0 spiro atoms. The van der Waals surface area contributed by atoms with Crippen molar-refractivity contribution >= 4 is 17.7 Å². The van der Waals surface area contributed by atoms with Gasteiger partial charge < -0.3 is 15.1 Å². The van der Waals surface area contributed by atoms with Gasteiger partial charge in [0.05, 0.1) is 12.3 Å². The van der Waals surface area contributed by atoms with E-state index in [1.54, 1.807) is 11.8 Å². The molecule has 5 heteroatoms. The van der Waals surface area contributed by atoms with Crippen molar-refractivity contribution in [3.05, 3.63) is 23.7 Å². The first-order valence-corrected chi connectivity index (χ1v) is 8.24.